The molecule has 0 spiro atoms. The highest BCUT2D eigenvalue weighted by Crippen LogP contribution is 2.32. The molecule has 8 heteroatoms. The molecule has 0 bridgehead atoms. The lowest BCUT2D eigenvalue weighted by molar-refractivity contribution is -0.138. The minimum Gasteiger partial charge on any atom is -0.493 e. The van der Waals surface area contributed by atoms with Crippen LogP contribution in [0.25, 0.3) is 9.75 Å². The molecule has 0 aliphatic rings. The van der Waals surface area contributed by atoms with Crippen molar-refractivity contribution in [3.8, 4) is 15.5 Å². The largest absolute Gasteiger partial charge is 0.493 e. The zero-order valence-electron chi connectivity index (χ0n) is 18.6. The second-order valence-electron chi connectivity index (χ2n) is 7.76. The smallest absolute Gasteiger partial charge is 0.317 e. The van der Waals surface area contributed by atoms with Gasteiger partial charge in [0.05, 0.1) is 18.8 Å². The number of benzene rings is 1. The van der Waals surface area contributed by atoms with Gasteiger partial charge in [0.2, 0.25) is 0 Å². The molecule has 1 aromatic carbocycles. The molecule has 0 amide bonds. The number of aliphatic carboxylic acids is 1. The summed E-state index contributed by atoms with van der Waals surface area (Å²) >= 11 is 3.42. The quantitative estimate of drug-likeness (QED) is 0.292. The number of rotatable bonds is 11. The Kier molecular flexibility index (Phi) is 7.59. The number of aryl methyl sites for hydroxylation is 2. The van der Waals surface area contributed by atoms with Gasteiger partial charge in [-0.3, -0.25) is 9.69 Å². The van der Waals surface area contributed by atoms with E-state index in [9.17, 15) is 9.90 Å². The Labute approximate surface area is 201 Å². The zero-order valence-corrected chi connectivity index (χ0v) is 20.2. The monoisotopic (exact) mass is 482 g/mol. The van der Waals surface area contributed by atoms with Crippen LogP contribution in [0.2, 0.25) is 0 Å². The predicted molar refractivity (Wildman–Crippen MR) is 131 cm³/mol. The van der Waals surface area contributed by atoms with Crippen molar-refractivity contribution in [2.75, 3.05) is 13.2 Å². The van der Waals surface area contributed by atoms with Crippen molar-refractivity contribution >= 4 is 28.6 Å². The maximum absolute atomic E-state index is 11.5. The van der Waals surface area contributed by atoms with Crippen LogP contribution in [-0.2, 0) is 24.3 Å². The Balaban J connectivity index is 1.38. The summed E-state index contributed by atoms with van der Waals surface area (Å²) in [6.45, 7) is 5.32. The van der Waals surface area contributed by atoms with E-state index in [2.05, 4.69) is 28.6 Å². The molecule has 0 fully saturated rings. The first kappa shape index (κ1) is 23.2. The average Bonchev–Trinajstić information content (AvgIpc) is 3.50. The number of nitrogens with zero attached hydrogens (tertiary/aromatic N) is 2. The normalized spacial score (nSPS) is 11.2. The number of aromatic nitrogens is 1. The van der Waals surface area contributed by atoms with Gasteiger partial charge in [-0.2, -0.15) is 0 Å². The predicted octanol–water partition coefficient (Wildman–Crippen LogP) is 5.79. The number of carboxylic acids is 1. The lowest BCUT2D eigenvalue weighted by atomic mass is 10.2. The summed E-state index contributed by atoms with van der Waals surface area (Å²) in [6.07, 6.45) is 0.670. The molecule has 33 heavy (non-hydrogen) atoms. The maximum atomic E-state index is 11.5. The molecule has 0 aliphatic heterocycles. The van der Waals surface area contributed by atoms with E-state index in [0.717, 1.165) is 27.6 Å². The Hall–Kier alpha value is -2.94. The van der Waals surface area contributed by atoms with Gasteiger partial charge in [0, 0.05) is 41.1 Å². The molecule has 172 valence electrons. The van der Waals surface area contributed by atoms with Crippen molar-refractivity contribution in [3.05, 3.63) is 81.7 Å². The van der Waals surface area contributed by atoms with E-state index in [-0.39, 0.29) is 6.54 Å². The molecular weight excluding hydrogens is 456 g/mol. The second-order valence-corrected chi connectivity index (χ2v) is 9.88. The third kappa shape index (κ3) is 6.54. The highest BCUT2D eigenvalue weighted by Gasteiger charge is 2.14. The molecule has 3 heterocycles. The highest BCUT2D eigenvalue weighted by molar-refractivity contribution is 7.21. The molecule has 0 saturated heterocycles. The van der Waals surface area contributed by atoms with Gasteiger partial charge in [0.15, 0.2) is 5.89 Å². The fourth-order valence-corrected chi connectivity index (χ4v) is 5.54. The van der Waals surface area contributed by atoms with Crippen LogP contribution < -0.4 is 4.74 Å². The van der Waals surface area contributed by atoms with E-state index in [0.29, 0.717) is 32.0 Å². The van der Waals surface area contributed by atoms with Gasteiger partial charge in [-0.15, -0.1) is 22.7 Å². The molecule has 3 aromatic heterocycles. The van der Waals surface area contributed by atoms with E-state index in [1.54, 1.807) is 22.7 Å². The lowest BCUT2D eigenvalue weighted by Crippen LogP contribution is -2.28. The fraction of sp³-hybridized carbons (Fsp3) is 0.280. The first-order chi connectivity index (χ1) is 16.0. The van der Waals surface area contributed by atoms with Gasteiger partial charge >= 0.3 is 5.97 Å². The van der Waals surface area contributed by atoms with Gasteiger partial charge in [-0.1, -0.05) is 18.2 Å². The maximum Gasteiger partial charge on any atom is 0.317 e. The lowest BCUT2D eigenvalue weighted by Gasteiger charge is -2.20. The van der Waals surface area contributed by atoms with E-state index in [1.807, 2.05) is 49.1 Å². The van der Waals surface area contributed by atoms with Gasteiger partial charge in [-0.25, -0.2) is 4.98 Å². The summed E-state index contributed by atoms with van der Waals surface area (Å²) in [6, 6.07) is 16.2. The molecule has 0 unspecified atom stereocenters. The number of carboxylic acid groups (broad SMARTS) is 1. The van der Waals surface area contributed by atoms with Crippen LogP contribution in [0.5, 0.6) is 5.75 Å². The third-order valence-corrected chi connectivity index (χ3v) is 7.21. The topological polar surface area (TPSA) is 75.8 Å². The Morgan fingerprint density at radius 1 is 1.12 bits per heavy atom. The van der Waals surface area contributed by atoms with Crippen molar-refractivity contribution in [2.45, 2.75) is 33.4 Å². The number of oxazole rings is 1. The SMILES string of the molecule is Cc1nc(CCOc2cccc(CN(CC(=O)O)Cc3ccc(-c4cccs4)s3)c2)c(C)o1. The third-order valence-electron chi connectivity index (χ3n) is 5.08. The number of hydrogen-bond acceptors (Lipinski definition) is 7. The van der Waals surface area contributed by atoms with Crippen molar-refractivity contribution < 1.29 is 19.1 Å². The molecule has 0 radical (unpaired) electrons. The van der Waals surface area contributed by atoms with E-state index < -0.39 is 5.97 Å². The van der Waals surface area contributed by atoms with Crippen molar-refractivity contribution in [3.63, 3.8) is 0 Å². The minimum atomic E-state index is -0.837. The van der Waals surface area contributed by atoms with Crippen LogP contribution in [-0.4, -0.2) is 34.1 Å². The summed E-state index contributed by atoms with van der Waals surface area (Å²) in [5.41, 5.74) is 1.92. The second kappa shape index (κ2) is 10.8. The summed E-state index contributed by atoms with van der Waals surface area (Å²) in [5.74, 6) is 1.41. The summed E-state index contributed by atoms with van der Waals surface area (Å²) in [4.78, 5) is 21.4. The molecule has 1 N–H and O–H groups in total. The Morgan fingerprint density at radius 2 is 2.00 bits per heavy atom. The molecule has 4 aromatic rings. The molecule has 6 nitrogen and oxygen atoms in total. The zero-order chi connectivity index (χ0) is 23.2. The van der Waals surface area contributed by atoms with E-state index in [4.69, 9.17) is 9.15 Å². The van der Waals surface area contributed by atoms with Gasteiger partial charge < -0.3 is 14.3 Å². The number of thiophene rings is 2. The molecule has 4 rings (SSSR count). The van der Waals surface area contributed by atoms with Crippen LogP contribution >= 0.6 is 22.7 Å². The van der Waals surface area contributed by atoms with Crippen molar-refractivity contribution in [2.24, 2.45) is 0 Å². The van der Waals surface area contributed by atoms with Crippen LogP contribution in [0.3, 0.4) is 0 Å². The number of carbonyl (C=O) groups is 1. The van der Waals surface area contributed by atoms with Crippen LogP contribution in [0.15, 0.2) is 58.3 Å². The van der Waals surface area contributed by atoms with Gasteiger partial charge in [0.25, 0.3) is 0 Å². The fourth-order valence-electron chi connectivity index (χ4n) is 3.65. The molecule has 0 atom stereocenters. The summed E-state index contributed by atoms with van der Waals surface area (Å²) < 4.78 is 11.4. The highest BCUT2D eigenvalue weighted by atomic mass is 32.1. The van der Waals surface area contributed by atoms with Crippen molar-refractivity contribution in [1.82, 2.24) is 9.88 Å². The Bertz CT molecular complexity index is 1200. The number of hydrogen-bond donors (Lipinski definition) is 1. The summed E-state index contributed by atoms with van der Waals surface area (Å²) in [5, 5.41) is 11.5. The van der Waals surface area contributed by atoms with Crippen LogP contribution in [0, 0.1) is 13.8 Å². The van der Waals surface area contributed by atoms with Crippen LogP contribution in [0.1, 0.15) is 27.8 Å². The average molecular weight is 483 g/mol. The summed E-state index contributed by atoms with van der Waals surface area (Å²) in [7, 11) is 0. The molecular formula is C25H26N2O4S2. The number of ether oxygens (including phenoxy) is 1. The molecule has 0 aliphatic carbocycles. The van der Waals surface area contributed by atoms with Gasteiger partial charge in [0.1, 0.15) is 11.5 Å². The standard InChI is InChI=1S/C25H26N2O4S2/c1-17-22(26-18(2)31-17)10-11-30-20-6-3-5-19(13-20)14-27(16-25(28)29)15-21-8-9-24(33-21)23-7-4-12-32-23/h3-9,12-13H,10-11,14-16H2,1-2H3,(H,28,29). The molecule has 0 saturated carbocycles. The minimum absolute atomic E-state index is 0.0257. The van der Waals surface area contributed by atoms with Crippen LogP contribution in [0.4, 0.5) is 0 Å². The first-order valence-electron chi connectivity index (χ1n) is 10.7. The first-order valence-corrected chi connectivity index (χ1v) is 12.4. The van der Waals surface area contributed by atoms with Crippen molar-refractivity contribution in [1.29, 1.82) is 0 Å². The Morgan fingerprint density at radius 3 is 2.73 bits per heavy atom. The van der Waals surface area contributed by atoms with E-state index in [1.165, 1.54) is 9.75 Å². The van der Waals surface area contributed by atoms with Gasteiger partial charge in [-0.05, 0) is 48.2 Å². The van der Waals surface area contributed by atoms with E-state index >= 15 is 0 Å².